The maximum atomic E-state index is 10.1. The number of carbonyl (C=O) groups is 1. The maximum Gasteiger partial charge on any atom is 0.293 e. The van der Waals surface area contributed by atoms with Crippen molar-refractivity contribution in [2.75, 3.05) is 25.6 Å². The van der Waals surface area contributed by atoms with Gasteiger partial charge in [-0.3, -0.25) is 4.79 Å². The van der Waals surface area contributed by atoms with Gasteiger partial charge in [-0.25, -0.2) is 0 Å². The molecule has 38 heavy (non-hydrogen) atoms. The van der Waals surface area contributed by atoms with Crippen LogP contribution in [0.25, 0.3) is 22.2 Å². The van der Waals surface area contributed by atoms with Gasteiger partial charge < -0.3 is 24.1 Å². The molecule has 1 aliphatic heterocycles. The number of nitrogens with zero attached hydrogens (tertiary/aromatic N) is 2. The zero-order valence-electron chi connectivity index (χ0n) is 22.7. The van der Waals surface area contributed by atoms with Crippen LogP contribution in [0, 0.1) is 11.3 Å². The normalized spacial score (nSPS) is 16.8. The van der Waals surface area contributed by atoms with E-state index < -0.39 is 0 Å². The molecule has 7 nitrogen and oxygen atoms in total. The second-order valence-corrected chi connectivity index (χ2v) is 10.0. The minimum absolute atomic E-state index is 0.0810. The van der Waals surface area contributed by atoms with Gasteiger partial charge in [-0.2, -0.15) is 5.26 Å². The molecule has 2 aliphatic rings. The van der Waals surface area contributed by atoms with E-state index >= 15 is 0 Å². The largest absolute Gasteiger partial charge is 0.490 e. The van der Waals surface area contributed by atoms with E-state index in [1.165, 1.54) is 12.8 Å². The lowest BCUT2D eigenvalue weighted by Gasteiger charge is -2.23. The summed E-state index contributed by atoms with van der Waals surface area (Å²) in [4.78, 5) is 9.55. The first-order valence-corrected chi connectivity index (χ1v) is 13.8. The van der Waals surface area contributed by atoms with E-state index in [2.05, 4.69) is 57.1 Å². The van der Waals surface area contributed by atoms with Crippen molar-refractivity contribution in [3.8, 4) is 23.1 Å². The van der Waals surface area contributed by atoms with Gasteiger partial charge in [0.15, 0.2) is 0 Å². The molecule has 2 fully saturated rings. The first kappa shape index (κ1) is 27.5. The number of hydrogen-bond acceptors (Lipinski definition) is 6. The molecular weight excluding hydrogens is 478 g/mol. The Balaban J connectivity index is 0.000000426. The number of benzene rings is 2. The lowest BCUT2D eigenvalue weighted by Crippen LogP contribution is -2.25. The number of nitriles is 1. The van der Waals surface area contributed by atoms with Gasteiger partial charge in [0.2, 0.25) is 0 Å². The molecule has 7 heteroatoms. The monoisotopic (exact) mass is 517 g/mol. The van der Waals surface area contributed by atoms with E-state index in [0.29, 0.717) is 12.5 Å². The van der Waals surface area contributed by atoms with Crippen LogP contribution < -0.4 is 10.1 Å². The third-order valence-electron chi connectivity index (χ3n) is 7.56. The van der Waals surface area contributed by atoms with Gasteiger partial charge >= 0.3 is 0 Å². The third kappa shape index (κ3) is 6.31. The number of ether oxygens (including phenoxy) is 3. The summed E-state index contributed by atoms with van der Waals surface area (Å²) in [5.74, 6) is 0.887. The molecule has 3 aromatic rings. The summed E-state index contributed by atoms with van der Waals surface area (Å²) in [5, 5.41) is 14.3. The average molecular weight is 518 g/mol. The van der Waals surface area contributed by atoms with Gasteiger partial charge in [0, 0.05) is 43.1 Å². The molecule has 1 N–H and O–H groups in total. The molecular formula is C31H39N3O4. The van der Waals surface area contributed by atoms with Crippen molar-refractivity contribution in [2.45, 2.75) is 77.0 Å². The highest BCUT2D eigenvalue weighted by Crippen LogP contribution is 2.42. The van der Waals surface area contributed by atoms with Gasteiger partial charge in [-0.15, -0.1) is 0 Å². The molecule has 5 rings (SSSR count). The number of hydrogen-bond donors (Lipinski definition) is 1. The highest BCUT2D eigenvalue weighted by atomic mass is 16.5. The number of rotatable bonds is 8. The zero-order chi connectivity index (χ0) is 26.9. The Morgan fingerprint density at radius 1 is 1.13 bits per heavy atom. The average Bonchev–Trinajstić information content (AvgIpc) is 3.60. The van der Waals surface area contributed by atoms with Crippen LogP contribution in [0.1, 0.15) is 70.4 Å². The Bertz CT molecular complexity index is 1230. The topological polar surface area (TPSA) is 85.5 Å². The van der Waals surface area contributed by atoms with E-state index in [0.717, 1.165) is 84.5 Å². The number of carbonyl (C=O) groups excluding carboxylic acids is 1. The van der Waals surface area contributed by atoms with E-state index in [1.807, 2.05) is 27.0 Å². The first-order chi connectivity index (χ1) is 18.6. The standard InChI is InChI=1S/C26H29N3O2.C5H10O2/c1-28-19-8-6-18(7-9-19)26-24(17-27)23-11-10-22(31-21-12-14-30-15-13-21)16-25(23)29(26)20-4-2-3-5-20;1-3-5(2)7-4-6/h6-11,16,20-21,28H,2-5,12-15H2,1H3;4-5H,3H2,1-2H3/t;5-/m.1/s1. The molecule has 0 bridgehead atoms. The number of aromatic nitrogens is 1. The van der Waals surface area contributed by atoms with Crippen LogP contribution in [0.4, 0.5) is 5.69 Å². The predicted octanol–water partition coefficient (Wildman–Crippen LogP) is 6.85. The van der Waals surface area contributed by atoms with Crippen molar-refractivity contribution in [1.82, 2.24) is 4.57 Å². The summed E-state index contributed by atoms with van der Waals surface area (Å²) in [7, 11) is 1.92. The molecule has 0 amide bonds. The molecule has 1 saturated carbocycles. The molecule has 1 saturated heterocycles. The number of nitrogens with one attached hydrogen (secondary N) is 1. The Hall–Kier alpha value is -3.50. The van der Waals surface area contributed by atoms with Crippen molar-refractivity contribution in [3.63, 3.8) is 0 Å². The summed E-state index contributed by atoms with van der Waals surface area (Å²) in [5.41, 5.74) is 5.07. The van der Waals surface area contributed by atoms with Crippen LogP contribution >= 0.6 is 0 Å². The van der Waals surface area contributed by atoms with Crippen LogP contribution in [0.15, 0.2) is 42.5 Å². The fourth-order valence-electron chi connectivity index (χ4n) is 5.27. The van der Waals surface area contributed by atoms with Crippen molar-refractivity contribution < 1.29 is 19.0 Å². The maximum absolute atomic E-state index is 10.1. The van der Waals surface area contributed by atoms with Crippen LogP contribution in [0.5, 0.6) is 5.75 Å². The molecule has 1 atom stereocenters. The quantitative estimate of drug-likeness (QED) is 0.329. The Morgan fingerprint density at radius 3 is 2.42 bits per heavy atom. The Kier molecular flexibility index (Phi) is 9.67. The van der Waals surface area contributed by atoms with E-state index in [1.54, 1.807) is 0 Å². The molecule has 0 radical (unpaired) electrons. The van der Waals surface area contributed by atoms with Crippen molar-refractivity contribution >= 4 is 23.1 Å². The summed E-state index contributed by atoms with van der Waals surface area (Å²) in [6.07, 6.45) is 7.80. The van der Waals surface area contributed by atoms with Gasteiger partial charge in [0.25, 0.3) is 6.47 Å². The number of anilines is 1. The second kappa shape index (κ2) is 13.3. The van der Waals surface area contributed by atoms with Gasteiger partial charge in [-0.05, 0) is 56.0 Å². The van der Waals surface area contributed by atoms with Gasteiger partial charge in [0.05, 0.1) is 36.1 Å². The van der Waals surface area contributed by atoms with Crippen LogP contribution in [-0.2, 0) is 14.3 Å². The summed E-state index contributed by atoms with van der Waals surface area (Å²) in [6, 6.07) is 17.6. The molecule has 2 aromatic carbocycles. The lowest BCUT2D eigenvalue weighted by atomic mass is 10.1. The Morgan fingerprint density at radius 2 is 1.84 bits per heavy atom. The molecule has 202 valence electrons. The SMILES string of the molecule is CC[C@@H](C)OC=O.CNc1ccc(-c2c(C#N)c3ccc(OC4CCOCC4)cc3n2C2CCCC2)cc1. The molecule has 0 spiro atoms. The lowest BCUT2D eigenvalue weighted by molar-refractivity contribution is -0.132. The molecule has 1 aliphatic carbocycles. The molecule has 2 heterocycles. The molecule has 0 unspecified atom stereocenters. The highest BCUT2D eigenvalue weighted by molar-refractivity contribution is 5.95. The van der Waals surface area contributed by atoms with E-state index in [9.17, 15) is 10.1 Å². The van der Waals surface area contributed by atoms with E-state index in [-0.39, 0.29) is 12.2 Å². The summed E-state index contributed by atoms with van der Waals surface area (Å²) >= 11 is 0. The van der Waals surface area contributed by atoms with E-state index in [4.69, 9.17) is 9.47 Å². The van der Waals surface area contributed by atoms with Gasteiger partial charge in [0.1, 0.15) is 17.9 Å². The predicted molar refractivity (Wildman–Crippen MR) is 151 cm³/mol. The summed E-state index contributed by atoms with van der Waals surface area (Å²) in [6.45, 7) is 5.82. The first-order valence-electron chi connectivity index (χ1n) is 13.8. The van der Waals surface area contributed by atoms with Crippen LogP contribution in [0.3, 0.4) is 0 Å². The fraction of sp³-hybridized carbons (Fsp3) is 0.484. The van der Waals surface area contributed by atoms with Crippen molar-refractivity contribution in [1.29, 1.82) is 5.26 Å². The Labute approximate surface area is 225 Å². The fourth-order valence-corrected chi connectivity index (χ4v) is 5.27. The van der Waals surface area contributed by atoms with Crippen LogP contribution in [0.2, 0.25) is 0 Å². The van der Waals surface area contributed by atoms with Gasteiger partial charge in [-0.1, -0.05) is 31.9 Å². The van der Waals surface area contributed by atoms with Crippen molar-refractivity contribution in [3.05, 3.63) is 48.0 Å². The minimum Gasteiger partial charge on any atom is -0.490 e. The second-order valence-electron chi connectivity index (χ2n) is 10.0. The molecule has 1 aromatic heterocycles. The highest BCUT2D eigenvalue weighted by Gasteiger charge is 2.27. The number of fused-ring (bicyclic) bond motifs is 1. The zero-order valence-corrected chi connectivity index (χ0v) is 22.7. The smallest absolute Gasteiger partial charge is 0.293 e. The minimum atomic E-state index is 0.0810. The van der Waals surface area contributed by atoms with Crippen molar-refractivity contribution in [2.24, 2.45) is 0 Å². The third-order valence-corrected chi connectivity index (χ3v) is 7.56. The van der Waals surface area contributed by atoms with Crippen LogP contribution in [-0.4, -0.2) is 43.5 Å². The summed E-state index contributed by atoms with van der Waals surface area (Å²) < 4.78 is 18.7.